The van der Waals surface area contributed by atoms with Gasteiger partial charge in [-0.05, 0) is 37.5 Å². The van der Waals surface area contributed by atoms with Crippen molar-refractivity contribution in [3.05, 3.63) is 0 Å². The van der Waals surface area contributed by atoms with Crippen LogP contribution in [0.4, 0.5) is 0 Å². The lowest BCUT2D eigenvalue weighted by Gasteiger charge is -2.32. The van der Waals surface area contributed by atoms with Crippen LogP contribution in [0, 0.1) is 5.41 Å². The molecule has 1 N–H and O–H groups in total. The molecule has 4 heteroatoms. The SMILES string of the molecule is COCCC1(CN=C2NC3(CCCCC3)CS2)CC1. The Morgan fingerprint density at radius 2 is 2.00 bits per heavy atom. The van der Waals surface area contributed by atoms with Crippen LogP contribution in [0.25, 0.3) is 0 Å². The topological polar surface area (TPSA) is 33.6 Å². The summed E-state index contributed by atoms with van der Waals surface area (Å²) < 4.78 is 5.21. The first-order valence-corrected chi connectivity index (χ1v) is 8.69. The van der Waals surface area contributed by atoms with E-state index < -0.39 is 0 Å². The number of ether oxygens (including phenoxy) is 1. The second-order valence-electron chi connectivity index (χ2n) is 6.62. The Bertz CT molecular complexity index is 346. The molecule has 3 nitrogen and oxygen atoms in total. The van der Waals surface area contributed by atoms with Crippen LogP contribution < -0.4 is 5.32 Å². The number of nitrogens with zero attached hydrogens (tertiary/aromatic N) is 1. The number of hydrogen-bond donors (Lipinski definition) is 1. The van der Waals surface area contributed by atoms with Crippen molar-refractivity contribution >= 4 is 16.9 Å². The van der Waals surface area contributed by atoms with Gasteiger partial charge in [0.15, 0.2) is 5.17 Å². The first-order valence-electron chi connectivity index (χ1n) is 7.70. The van der Waals surface area contributed by atoms with Crippen molar-refractivity contribution in [3.63, 3.8) is 0 Å². The molecule has 0 aromatic rings. The molecule has 1 heterocycles. The normalized spacial score (nSPS) is 29.6. The molecule has 0 atom stereocenters. The second-order valence-corrected chi connectivity index (χ2v) is 7.58. The standard InChI is InChI=1S/C15H26N2OS/c1-18-10-9-14(7-8-14)11-16-13-17-15(12-19-13)5-3-2-4-6-15/h2-12H2,1H3,(H,16,17). The monoisotopic (exact) mass is 282 g/mol. The third kappa shape index (κ3) is 3.27. The average Bonchev–Trinajstić information content (AvgIpc) is 3.12. The molecule has 2 aliphatic carbocycles. The third-order valence-corrected chi connectivity index (χ3v) is 6.22. The number of thioether (sulfide) groups is 1. The molecule has 0 radical (unpaired) electrons. The van der Waals surface area contributed by atoms with Crippen molar-refractivity contribution in [2.45, 2.75) is 56.9 Å². The van der Waals surface area contributed by atoms with Crippen LogP contribution in [-0.4, -0.2) is 36.7 Å². The zero-order valence-electron chi connectivity index (χ0n) is 12.0. The highest BCUT2D eigenvalue weighted by Gasteiger charge is 2.43. The van der Waals surface area contributed by atoms with Crippen molar-refractivity contribution < 1.29 is 4.74 Å². The minimum absolute atomic E-state index is 0.394. The van der Waals surface area contributed by atoms with E-state index in [9.17, 15) is 0 Å². The maximum Gasteiger partial charge on any atom is 0.157 e. The van der Waals surface area contributed by atoms with Crippen LogP contribution >= 0.6 is 11.8 Å². The number of nitrogens with one attached hydrogen (secondary N) is 1. The minimum Gasteiger partial charge on any atom is -0.385 e. The van der Waals surface area contributed by atoms with Gasteiger partial charge < -0.3 is 10.1 Å². The summed E-state index contributed by atoms with van der Waals surface area (Å²) in [6.07, 6.45) is 10.7. The molecule has 0 aromatic carbocycles. The van der Waals surface area contributed by atoms with Crippen LogP contribution in [0.3, 0.4) is 0 Å². The first-order chi connectivity index (χ1) is 9.26. The number of hydrogen-bond acceptors (Lipinski definition) is 3. The van der Waals surface area contributed by atoms with Crippen molar-refractivity contribution in [2.24, 2.45) is 10.4 Å². The van der Waals surface area contributed by atoms with Gasteiger partial charge in [-0.1, -0.05) is 31.0 Å². The molecule has 1 aliphatic heterocycles. The second kappa shape index (κ2) is 5.65. The summed E-state index contributed by atoms with van der Waals surface area (Å²) in [4.78, 5) is 4.87. The van der Waals surface area contributed by atoms with Crippen LogP contribution in [0.1, 0.15) is 51.4 Å². The fourth-order valence-electron chi connectivity index (χ4n) is 3.31. The molecule has 3 rings (SSSR count). The van der Waals surface area contributed by atoms with Gasteiger partial charge in [0, 0.05) is 31.6 Å². The zero-order chi connectivity index (χ0) is 13.2. The Balaban J connectivity index is 1.51. The lowest BCUT2D eigenvalue weighted by Crippen LogP contribution is -2.45. The Labute approximate surface area is 121 Å². The lowest BCUT2D eigenvalue weighted by atomic mass is 9.83. The van der Waals surface area contributed by atoms with Gasteiger partial charge in [0.1, 0.15) is 0 Å². The summed E-state index contributed by atoms with van der Waals surface area (Å²) in [7, 11) is 1.79. The molecule has 0 amide bonds. The summed E-state index contributed by atoms with van der Waals surface area (Å²) >= 11 is 1.95. The maximum atomic E-state index is 5.21. The van der Waals surface area contributed by atoms with Gasteiger partial charge in [-0.15, -0.1) is 0 Å². The molecular weight excluding hydrogens is 256 g/mol. The molecule has 0 unspecified atom stereocenters. The highest BCUT2D eigenvalue weighted by Crippen LogP contribution is 2.49. The first kappa shape index (κ1) is 13.7. The number of methoxy groups -OCH3 is 1. The van der Waals surface area contributed by atoms with Crippen LogP contribution in [0.2, 0.25) is 0 Å². The molecular formula is C15H26N2OS. The van der Waals surface area contributed by atoms with Gasteiger partial charge >= 0.3 is 0 Å². The highest BCUT2D eigenvalue weighted by molar-refractivity contribution is 8.14. The highest BCUT2D eigenvalue weighted by atomic mass is 32.2. The van der Waals surface area contributed by atoms with E-state index >= 15 is 0 Å². The number of amidine groups is 1. The predicted octanol–water partition coefficient (Wildman–Crippen LogP) is 3.20. The summed E-state index contributed by atoms with van der Waals surface area (Å²) in [6, 6.07) is 0. The van der Waals surface area contributed by atoms with E-state index in [0.717, 1.165) is 13.2 Å². The molecule has 0 aromatic heterocycles. The van der Waals surface area contributed by atoms with Gasteiger partial charge in [-0.3, -0.25) is 4.99 Å². The lowest BCUT2D eigenvalue weighted by molar-refractivity contribution is 0.174. The number of rotatable bonds is 5. The summed E-state index contributed by atoms with van der Waals surface area (Å²) in [5.74, 6) is 1.23. The molecule has 3 fully saturated rings. The predicted molar refractivity (Wildman–Crippen MR) is 81.9 cm³/mol. The van der Waals surface area contributed by atoms with E-state index in [1.807, 2.05) is 11.8 Å². The van der Waals surface area contributed by atoms with E-state index in [0.29, 0.717) is 11.0 Å². The van der Waals surface area contributed by atoms with Crippen LogP contribution in [0.5, 0.6) is 0 Å². The average molecular weight is 282 g/mol. The molecule has 1 spiro atoms. The number of aliphatic imine (C=N–C) groups is 1. The van der Waals surface area contributed by atoms with Crippen molar-refractivity contribution in [2.75, 3.05) is 26.0 Å². The van der Waals surface area contributed by atoms with Crippen molar-refractivity contribution in [1.29, 1.82) is 0 Å². The molecule has 19 heavy (non-hydrogen) atoms. The van der Waals surface area contributed by atoms with E-state index in [4.69, 9.17) is 9.73 Å². The van der Waals surface area contributed by atoms with E-state index in [2.05, 4.69) is 5.32 Å². The molecule has 0 bridgehead atoms. The van der Waals surface area contributed by atoms with Crippen LogP contribution in [0.15, 0.2) is 4.99 Å². The molecule has 2 saturated carbocycles. The minimum atomic E-state index is 0.394. The maximum absolute atomic E-state index is 5.21. The summed E-state index contributed by atoms with van der Waals surface area (Å²) in [5.41, 5.74) is 0.874. The summed E-state index contributed by atoms with van der Waals surface area (Å²) in [5, 5.41) is 4.96. The van der Waals surface area contributed by atoms with E-state index in [1.165, 1.54) is 62.3 Å². The van der Waals surface area contributed by atoms with Gasteiger partial charge in [0.25, 0.3) is 0 Å². The fourth-order valence-corrected chi connectivity index (χ4v) is 4.53. The Morgan fingerprint density at radius 1 is 1.21 bits per heavy atom. The molecule has 3 aliphatic rings. The largest absolute Gasteiger partial charge is 0.385 e. The van der Waals surface area contributed by atoms with Gasteiger partial charge in [0.05, 0.1) is 0 Å². The van der Waals surface area contributed by atoms with Crippen molar-refractivity contribution in [3.8, 4) is 0 Å². The fraction of sp³-hybridized carbons (Fsp3) is 0.933. The van der Waals surface area contributed by atoms with Gasteiger partial charge in [0.2, 0.25) is 0 Å². The quantitative estimate of drug-likeness (QED) is 0.840. The van der Waals surface area contributed by atoms with Gasteiger partial charge in [-0.2, -0.15) is 0 Å². The smallest absolute Gasteiger partial charge is 0.157 e. The third-order valence-electron chi connectivity index (χ3n) is 5.02. The Morgan fingerprint density at radius 3 is 2.68 bits per heavy atom. The Hall–Kier alpha value is -0.220. The Kier molecular flexibility index (Phi) is 4.08. The summed E-state index contributed by atoms with van der Waals surface area (Å²) in [6.45, 7) is 1.89. The van der Waals surface area contributed by atoms with E-state index in [1.54, 1.807) is 7.11 Å². The molecule has 108 valence electrons. The van der Waals surface area contributed by atoms with Crippen molar-refractivity contribution in [1.82, 2.24) is 5.32 Å². The zero-order valence-corrected chi connectivity index (χ0v) is 12.9. The molecule has 1 saturated heterocycles. The van der Waals surface area contributed by atoms with E-state index in [-0.39, 0.29) is 0 Å². The van der Waals surface area contributed by atoms with Gasteiger partial charge in [-0.25, -0.2) is 0 Å². The van der Waals surface area contributed by atoms with Crippen LogP contribution in [-0.2, 0) is 4.74 Å².